The molecule has 0 saturated carbocycles. The van der Waals surface area contributed by atoms with Gasteiger partial charge in [-0.2, -0.15) is 13.2 Å². The van der Waals surface area contributed by atoms with Crippen LogP contribution in [0.15, 0.2) is 24.3 Å². The molecule has 0 spiro atoms. The van der Waals surface area contributed by atoms with Gasteiger partial charge in [0.25, 0.3) is 0 Å². The predicted octanol–water partition coefficient (Wildman–Crippen LogP) is 3.56. The maximum absolute atomic E-state index is 12.1. The Balaban J connectivity index is 2.02. The van der Waals surface area contributed by atoms with E-state index in [1.54, 1.807) is 31.2 Å². The summed E-state index contributed by atoms with van der Waals surface area (Å²) in [7, 11) is 0. The van der Waals surface area contributed by atoms with Crippen LogP contribution < -0.4 is 9.47 Å². The molecule has 2 rings (SSSR count). The van der Waals surface area contributed by atoms with Gasteiger partial charge in [0, 0.05) is 6.42 Å². The van der Waals surface area contributed by atoms with Crippen molar-refractivity contribution in [2.24, 2.45) is 0 Å². The Morgan fingerprint density at radius 3 is 2.29 bits per heavy atom. The summed E-state index contributed by atoms with van der Waals surface area (Å²) in [6.45, 7) is 1.72. The standard InChI is InChI=1S/C12H13F3O2/c1-8-9(6-7-12(13,14)15)17-11-5-3-2-4-10(11)16-8/h2-5,8-9H,6-7H2,1H3. The van der Waals surface area contributed by atoms with Crippen molar-refractivity contribution >= 4 is 0 Å². The molecule has 1 aromatic rings. The molecule has 0 amide bonds. The Hall–Kier alpha value is -1.39. The zero-order valence-corrected chi connectivity index (χ0v) is 9.33. The Labute approximate surface area is 97.3 Å². The Morgan fingerprint density at radius 1 is 1.12 bits per heavy atom. The van der Waals surface area contributed by atoms with Crippen molar-refractivity contribution in [3.8, 4) is 11.5 Å². The van der Waals surface area contributed by atoms with Gasteiger partial charge in [-0.05, 0) is 25.5 Å². The van der Waals surface area contributed by atoms with Crippen molar-refractivity contribution in [1.82, 2.24) is 0 Å². The number of para-hydroxylation sites is 2. The van der Waals surface area contributed by atoms with Crippen molar-refractivity contribution < 1.29 is 22.6 Å². The van der Waals surface area contributed by atoms with Crippen LogP contribution in [0.25, 0.3) is 0 Å². The first-order chi connectivity index (χ1) is 7.96. The molecule has 1 aromatic carbocycles. The van der Waals surface area contributed by atoms with Gasteiger partial charge < -0.3 is 9.47 Å². The fourth-order valence-electron chi connectivity index (χ4n) is 1.78. The van der Waals surface area contributed by atoms with E-state index in [2.05, 4.69) is 0 Å². The molecule has 2 unspecified atom stereocenters. The number of alkyl halides is 3. The van der Waals surface area contributed by atoms with Crippen LogP contribution in [0, 0.1) is 0 Å². The molecule has 2 atom stereocenters. The van der Waals surface area contributed by atoms with Crippen LogP contribution in [-0.4, -0.2) is 18.4 Å². The van der Waals surface area contributed by atoms with E-state index in [4.69, 9.17) is 9.47 Å². The minimum Gasteiger partial charge on any atom is -0.483 e. The average Bonchev–Trinajstić information content (AvgIpc) is 2.25. The predicted molar refractivity (Wildman–Crippen MR) is 56.2 cm³/mol. The van der Waals surface area contributed by atoms with Crippen LogP contribution >= 0.6 is 0 Å². The highest BCUT2D eigenvalue weighted by molar-refractivity contribution is 5.41. The van der Waals surface area contributed by atoms with E-state index in [1.165, 1.54) is 0 Å². The maximum atomic E-state index is 12.1. The number of benzene rings is 1. The monoisotopic (exact) mass is 246 g/mol. The third-order valence-corrected chi connectivity index (χ3v) is 2.68. The number of rotatable bonds is 2. The van der Waals surface area contributed by atoms with E-state index in [9.17, 15) is 13.2 Å². The summed E-state index contributed by atoms with van der Waals surface area (Å²) in [5.41, 5.74) is 0. The molecule has 0 bridgehead atoms. The molecule has 1 aliphatic rings. The van der Waals surface area contributed by atoms with Crippen LogP contribution in [0.1, 0.15) is 19.8 Å². The minimum atomic E-state index is -4.15. The van der Waals surface area contributed by atoms with Crippen LogP contribution in [-0.2, 0) is 0 Å². The van der Waals surface area contributed by atoms with Gasteiger partial charge in [0.05, 0.1) is 0 Å². The first kappa shape index (κ1) is 12.1. The second-order valence-corrected chi connectivity index (χ2v) is 4.08. The Kier molecular flexibility index (Phi) is 3.17. The lowest BCUT2D eigenvalue weighted by atomic mass is 10.1. The molecular formula is C12H13F3O2. The smallest absolute Gasteiger partial charge is 0.389 e. The van der Waals surface area contributed by atoms with Crippen LogP contribution in [0.3, 0.4) is 0 Å². The molecule has 2 nitrogen and oxygen atoms in total. The quantitative estimate of drug-likeness (QED) is 0.794. The minimum absolute atomic E-state index is 0.0843. The van der Waals surface area contributed by atoms with Gasteiger partial charge in [0.15, 0.2) is 11.5 Å². The zero-order chi connectivity index (χ0) is 12.5. The molecule has 0 aromatic heterocycles. The third kappa shape index (κ3) is 3.05. The van der Waals surface area contributed by atoms with Gasteiger partial charge in [0.2, 0.25) is 0 Å². The normalized spacial score (nSPS) is 23.5. The highest BCUT2D eigenvalue weighted by Crippen LogP contribution is 2.35. The van der Waals surface area contributed by atoms with Crippen molar-refractivity contribution in [2.45, 2.75) is 38.1 Å². The SMILES string of the molecule is CC1Oc2ccccc2OC1CCC(F)(F)F. The molecule has 0 fully saturated rings. The highest BCUT2D eigenvalue weighted by Gasteiger charge is 2.33. The largest absolute Gasteiger partial charge is 0.483 e. The summed E-state index contributed by atoms with van der Waals surface area (Å²) in [5.74, 6) is 1.10. The van der Waals surface area contributed by atoms with Crippen molar-refractivity contribution in [1.29, 1.82) is 0 Å². The molecule has 0 aliphatic carbocycles. The van der Waals surface area contributed by atoms with Gasteiger partial charge in [-0.15, -0.1) is 0 Å². The first-order valence-electron chi connectivity index (χ1n) is 5.45. The Morgan fingerprint density at radius 2 is 1.71 bits per heavy atom. The van der Waals surface area contributed by atoms with E-state index < -0.39 is 18.7 Å². The van der Waals surface area contributed by atoms with E-state index in [-0.39, 0.29) is 12.5 Å². The van der Waals surface area contributed by atoms with E-state index in [0.717, 1.165) is 0 Å². The molecular weight excluding hydrogens is 233 g/mol. The van der Waals surface area contributed by atoms with Crippen molar-refractivity contribution in [2.75, 3.05) is 0 Å². The van der Waals surface area contributed by atoms with Crippen molar-refractivity contribution in [3.05, 3.63) is 24.3 Å². The van der Waals surface area contributed by atoms with Crippen LogP contribution in [0.2, 0.25) is 0 Å². The lowest BCUT2D eigenvalue weighted by Gasteiger charge is -2.32. The lowest BCUT2D eigenvalue weighted by molar-refractivity contribution is -0.142. The molecule has 17 heavy (non-hydrogen) atoms. The Bertz CT molecular complexity index is 390. The summed E-state index contributed by atoms with van der Waals surface area (Å²) in [6, 6.07) is 7.00. The lowest BCUT2D eigenvalue weighted by Crippen LogP contribution is -2.38. The fourth-order valence-corrected chi connectivity index (χ4v) is 1.78. The average molecular weight is 246 g/mol. The second kappa shape index (κ2) is 4.47. The highest BCUT2D eigenvalue weighted by atomic mass is 19.4. The third-order valence-electron chi connectivity index (χ3n) is 2.68. The summed E-state index contributed by atoms with van der Waals surface area (Å²) in [6.07, 6.45) is -6.01. The topological polar surface area (TPSA) is 18.5 Å². The second-order valence-electron chi connectivity index (χ2n) is 4.08. The van der Waals surface area contributed by atoms with Gasteiger partial charge in [-0.25, -0.2) is 0 Å². The molecule has 0 saturated heterocycles. The van der Waals surface area contributed by atoms with Crippen molar-refractivity contribution in [3.63, 3.8) is 0 Å². The molecule has 0 N–H and O–H groups in total. The molecule has 1 heterocycles. The summed E-state index contributed by atoms with van der Waals surface area (Å²) in [5, 5.41) is 0. The summed E-state index contributed by atoms with van der Waals surface area (Å²) >= 11 is 0. The first-order valence-corrected chi connectivity index (χ1v) is 5.45. The number of halogens is 3. The van der Waals surface area contributed by atoms with E-state index in [1.807, 2.05) is 0 Å². The van der Waals surface area contributed by atoms with Gasteiger partial charge >= 0.3 is 6.18 Å². The summed E-state index contributed by atoms with van der Waals surface area (Å²) in [4.78, 5) is 0. The van der Waals surface area contributed by atoms with Gasteiger partial charge in [-0.3, -0.25) is 0 Å². The van der Waals surface area contributed by atoms with Crippen LogP contribution in [0.5, 0.6) is 11.5 Å². The van der Waals surface area contributed by atoms with Crippen LogP contribution in [0.4, 0.5) is 13.2 Å². The van der Waals surface area contributed by atoms with E-state index >= 15 is 0 Å². The number of fused-ring (bicyclic) bond motifs is 1. The fraction of sp³-hybridized carbons (Fsp3) is 0.500. The molecule has 0 radical (unpaired) electrons. The zero-order valence-electron chi connectivity index (χ0n) is 9.33. The number of ether oxygens (including phenoxy) is 2. The summed E-state index contributed by atoms with van der Waals surface area (Å²) < 4.78 is 47.4. The molecule has 5 heteroatoms. The number of hydrogen-bond donors (Lipinski definition) is 0. The van der Waals surface area contributed by atoms with Gasteiger partial charge in [-0.1, -0.05) is 12.1 Å². The molecule has 1 aliphatic heterocycles. The number of hydrogen-bond acceptors (Lipinski definition) is 2. The van der Waals surface area contributed by atoms with Gasteiger partial charge in [0.1, 0.15) is 12.2 Å². The molecule has 94 valence electrons. The van der Waals surface area contributed by atoms with E-state index in [0.29, 0.717) is 11.5 Å². The maximum Gasteiger partial charge on any atom is 0.389 e.